The molecule has 1 aromatic carbocycles. The Balaban J connectivity index is 1.78. The average Bonchev–Trinajstić information content (AvgIpc) is 3.19. The molecule has 0 radical (unpaired) electrons. The summed E-state index contributed by atoms with van der Waals surface area (Å²) in [5.41, 5.74) is 2.16. The molecular formula is C21H32N4O3. The number of hydrogen-bond acceptors (Lipinski definition) is 5. The minimum Gasteiger partial charge on any atom is -0.491 e. The molecule has 2 aromatic rings. The second kappa shape index (κ2) is 12.0. The van der Waals surface area contributed by atoms with Gasteiger partial charge in [-0.05, 0) is 30.5 Å². The van der Waals surface area contributed by atoms with Crippen molar-refractivity contribution in [3.63, 3.8) is 0 Å². The lowest BCUT2D eigenvalue weighted by atomic mass is 9.99. The van der Waals surface area contributed by atoms with Crippen molar-refractivity contribution in [3.05, 3.63) is 47.3 Å². The van der Waals surface area contributed by atoms with Gasteiger partial charge in [-0.1, -0.05) is 31.1 Å². The van der Waals surface area contributed by atoms with E-state index in [4.69, 9.17) is 14.0 Å². The molecule has 7 heteroatoms. The fourth-order valence-electron chi connectivity index (χ4n) is 2.84. The van der Waals surface area contributed by atoms with Gasteiger partial charge in [0.1, 0.15) is 12.4 Å². The average molecular weight is 389 g/mol. The third-order valence-electron chi connectivity index (χ3n) is 4.57. The second-order valence-electron chi connectivity index (χ2n) is 6.50. The summed E-state index contributed by atoms with van der Waals surface area (Å²) in [4.78, 5) is 4.25. The van der Waals surface area contributed by atoms with Gasteiger partial charge in [-0.25, -0.2) is 0 Å². The molecule has 0 atom stereocenters. The predicted octanol–water partition coefficient (Wildman–Crippen LogP) is 3.47. The van der Waals surface area contributed by atoms with Gasteiger partial charge < -0.3 is 24.6 Å². The minimum absolute atomic E-state index is 0.455. The largest absolute Gasteiger partial charge is 0.491 e. The van der Waals surface area contributed by atoms with Crippen molar-refractivity contribution in [3.8, 4) is 5.75 Å². The highest BCUT2D eigenvalue weighted by molar-refractivity contribution is 5.79. The van der Waals surface area contributed by atoms with E-state index in [1.54, 1.807) is 14.2 Å². The Bertz CT molecular complexity index is 709. The number of methoxy groups -OCH3 is 1. The van der Waals surface area contributed by atoms with Gasteiger partial charge in [-0.2, -0.15) is 0 Å². The molecule has 0 spiro atoms. The molecule has 0 amide bonds. The van der Waals surface area contributed by atoms with Gasteiger partial charge >= 0.3 is 0 Å². The van der Waals surface area contributed by atoms with Crippen LogP contribution in [-0.2, 0) is 17.8 Å². The quantitative estimate of drug-likeness (QED) is 0.349. The summed E-state index contributed by atoms with van der Waals surface area (Å²) in [5, 5.41) is 10.7. The van der Waals surface area contributed by atoms with Gasteiger partial charge in [-0.3, -0.25) is 4.99 Å². The van der Waals surface area contributed by atoms with Crippen molar-refractivity contribution < 1.29 is 14.0 Å². The molecule has 2 rings (SSSR count). The molecule has 0 saturated heterocycles. The first-order chi connectivity index (χ1) is 13.7. The van der Waals surface area contributed by atoms with Crippen LogP contribution in [0.15, 0.2) is 39.8 Å². The highest BCUT2D eigenvalue weighted by atomic mass is 16.5. The summed E-state index contributed by atoms with van der Waals surface area (Å²) in [6.07, 6.45) is 2.13. The Morgan fingerprint density at radius 2 is 1.82 bits per heavy atom. The summed E-state index contributed by atoms with van der Waals surface area (Å²) in [7, 11) is 3.41. The van der Waals surface area contributed by atoms with Crippen LogP contribution in [0.3, 0.4) is 0 Å². The van der Waals surface area contributed by atoms with Gasteiger partial charge in [-0.15, -0.1) is 0 Å². The zero-order chi connectivity index (χ0) is 20.2. The van der Waals surface area contributed by atoms with Crippen LogP contribution in [0, 0.1) is 0 Å². The number of benzene rings is 1. The second-order valence-corrected chi connectivity index (χ2v) is 6.50. The van der Waals surface area contributed by atoms with Crippen molar-refractivity contribution in [1.29, 1.82) is 0 Å². The number of nitrogens with zero attached hydrogens (tertiary/aromatic N) is 2. The molecule has 0 unspecified atom stereocenters. The van der Waals surface area contributed by atoms with Gasteiger partial charge in [0.05, 0.1) is 18.8 Å². The van der Waals surface area contributed by atoms with E-state index in [0.29, 0.717) is 38.2 Å². The zero-order valence-electron chi connectivity index (χ0n) is 17.3. The fraction of sp³-hybridized carbons (Fsp3) is 0.524. The molecule has 0 aliphatic heterocycles. The standard InChI is InChI=1S/C21H32N4O3/c1-5-17(6-2)20-13-19(28-25-20)15-24-21(22-3)23-14-16-7-9-18(10-8-16)27-12-11-26-4/h7-10,13,17H,5-6,11-12,14-15H2,1-4H3,(H2,22,23,24). The number of ether oxygens (including phenoxy) is 2. The summed E-state index contributed by atoms with van der Waals surface area (Å²) < 4.78 is 16.0. The van der Waals surface area contributed by atoms with E-state index >= 15 is 0 Å². The van der Waals surface area contributed by atoms with E-state index in [1.165, 1.54) is 0 Å². The fourth-order valence-corrected chi connectivity index (χ4v) is 2.84. The van der Waals surface area contributed by atoms with Crippen molar-refractivity contribution >= 4 is 5.96 Å². The zero-order valence-corrected chi connectivity index (χ0v) is 17.3. The maximum absolute atomic E-state index is 5.57. The maximum atomic E-state index is 5.57. The normalized spacial score (nSPS) is 11.7. The smallest absolute Gasteiger partial charge is 0.191 e. The van der Waals surface area contributed by atoms with Crippen LogP contribution < -0.4 is 15.4 Å². The predicted molar refractivity (Wildman–Crippen MR) is 111 cm³/mol. The van der Waals surface area contributed by atoms with E-state index in [1.807, 2.05) is 30.3 Å². The molecule has 7 nitrogen and oxygen atoms in total. The van der Waals surface area contributed by atoms with Crippen molar-refractivity contribution in [2.24, 2.45) is 4.99 Å². The highest BCUT2D eigenvalue weighted by Gasteiger charge is 2.13. The Morgan fingerprint density at radius 1 is 1.11 bits per heavy atom. The number of aliphatic imine (C=N–C) groups is 1. The molecule has 0 fully saturated rings. The first-order valence-electron chi connectivity index (χ1n) is 9.80. The third-order valence-corrected chi connectivity index (χ3v) is 4.57. The number of rotatable bonds is 11. The Hall–Kier alpha value is -2.54. The molecule has 0 aliphatic rings. The van der Waals surface area contributed by atoms with Gasteiger partial charge in [0.15, 0.2) is 11.7 Å². The molecule has 28 heavy (non-hydrogen) atoms. The molecular weight excluding hydrogens is 356 g/mol. The molecule has 0 bridgehead atoms. The molecule has 2 N–H and O–H groups in total. The van der Waals surface area contributed by atoms with E-state index < -0.39 is 0 Å². The number of guanidine groups is 1. The van der Waals surface area contributed by atoms with Gasteiger partial charge in [0.2, 0.25) is 0 Å². The third kappa shape index (κ3) is 6.88. The highest BCUT2D eigenvalue weighted by Crippen LogP contribution is 2.22. The van der Waals surface area contributed by atoms with E-state index in [2.05, 4.69) is 34.6 Å². The lowest BCUT2D eigenvalue weighted by Gasteiger charge is -2.11. The Kier molecular flexibility index (Phi) is 9.34. The van der Waals surface area contributed by atoms with Crippen LogP contribution in [0.25, 0.3) is 0 Å². The monoisotopic (exact) mass is 388 g/mol. The first kappa shape index (κ1) is 21.8. The minimum atomic E-state index is 0.455. The number of nitrogens with one attached hydrogen (secondary N) is 2. The van der Waals surface area contributed by atoms with Crippen LogP contribution in [0.1, 0.15) is 49.6 Å². The van der Waals surface area contributed by atoms with Crippen LogP contribution in [0.4, 0.5) is 0 Å². The van der Waals surface area contributed by atoms with Gasteiger partial charge in [0, 0.05) is 32.7 Å². The van der Waals surface area contributed by atoms with Crippen molar-refractivity contribution in [2.45, 2.75) is 45.7 Å². The maximum Gasteiger partial charge on any atom is 0.191 e. The van der Waals surface area contributed by atoms with E-state index in [9.17, 15) is 0 Å². The van der Waals surface area contributed by atoms with Gasteiger partial charge in [0.25, 0.3) is 0 Å². The van der Waals surface area contributed by atoms with E-state index in [0.717, 1.165) is 35.6 Å². The summed E-state index contributed by atoms with van der Waals surface area (Å²) in [5.74, 6) is 2.81. The molecule has 1 heterocycles. The lowest BCUT2D eigenvalue weighted by molar-refractivity contribution is 0.146. The molecule has 0 aliphatic carbocycles. The molecule has 0 saturated carbocycles. The van der Waals surface area contributed by atoms with Crippen LogP contribution >= 0.6 is 0 Å². The molecule has 154 valence electrons. The van der Waals surface area contributed by atoms with Crippen LogP contribution in [-0.4, -0.2) is 38.5 Å². The number of hydrogen-bond donors (Lipinski definition) is 2. The Morgan fingerprint density at radius 3 is 2.46 bits per heavy atom. The number of aromatic nitrogens is 1. The first-order valence-corrected chi connectivity index (χ1v) is 9.80. The SMILES string of the molecule is CCC(CC)c1cc(CNC(=NC)NCc2ccc(OCCOC)cc2)on1. The van der Waals surface area contributed by atoms with Crippen molar-refractivity contribution in [1.82, 2.24) is 15.8 Å². The van der Waals surface area contributed by atoms with Crippen LogP contribution in [0.5, 0.6) is 5.75 Å². The van der Waals surface area contributed by atoms with Crippen molar-refractivity contribution in [2.75, 3.05) is 27.4 Å². The summed E-state index contributed by atoms with van der Waals surface area (Å²) >= 11 is 0. The Labute approximate surface area is 167 Å². The molecule has 1 aromatic heterocycles. The lowest BCUT2D eigenvalue weighted by Crippen LogP contribution is -2.36. The topological polar surface area (TPSA) is 80.9 Å². The summed E-state index contributed by atoms with van der Waals surface area (Å²) in [6, 6.07) is 10.00. The summed E-state index contributed by atoms with van der Waals surface area (Å²) in [6.45, 7) is 6.67. The van der Waals surface area contributed by atoms with Crippen LogP contribution in [0.2, 0.25) is 0 Å². The van der Waals surface area contributed by atoms with E-state index in [-0.39, 0.29) is 0 Å².